The number of carbonyl (C=O) groups excluding carboxylic acids is 2. The zero-order valence-corrected chi connectivity index (χ0v) is 17.2. The van der Waals surface area contributed by atoms with E-state index < -0.39 is 5.41 Å². The second-order valence-electron chi connectivity index (χ2n) is 8.04. The molecular formula is C23H25N5O2. The molecule has 3 heterocycles. The van der Waals surface area contributed by atoms with E-state index in [2.05, 4.69) is 33.4 Å². The molecule has 1 aliphatic rings. The molecule has 154 valence electrons. The van der Waals surface area contributed by atoms with Crippen molar-refractivity contribution in [3.05, 3.63) is 72.3 Å². The maximum atomic E-state index is 13.2. The van der Waals surface area contributed by atoms with Gasteiger partial charge in [-0.15, -0.1) is 0 Å². The number of aromatic nitrogens is 3. The van der Waals surface area contributed by atoms with Crippen LogP contribution in [0.3, 0.4) is 0 Å². The fourth-order valence-corrected chi connectivity index (χ4v) is 4.26. The maximum absolute atomic E-state index is 13.2. The molecule has 0 unspecified atom stereocenters. The van der Waals surface area contributed by atoms with Crippen LogP contribution in [0.1, 0.15) is 22.5 Å². The number of nitrogens with one attached hydrogen (secondary N) is 1. The molecule has 0 radical (unpaired) electrons. The van der Waals surface area contributed by atoms with Crippen LogP contribution in [0.4, 0.5) is 0 Å². The molecule has 0 bridgehead atoms. The summed E-state index contributed by atoms with van der Waals surface area (Å²) in [6.07, 6.45) is 6.31. The van der Waals surface area contributed by atoms with Gasteiger partial charge in [-0.2, -0.15) is 5.10 Å². The third kappa shape index (κ3) is 3.83. The summed E-state index contributed by atoms with van der Waals surface area (Å²) in [5.41, 5.74) is 3.06. The monoisotopic (exact) mass is 403 g/mol. The molecule has 1 N–H and O–H groups in total. The van der Waals surface area contributed by atoms with Crippen molar-refractivity contribution in [3.63, 3.8) is 0 Å². The average Bonchev–Trinajstić information content (AvgIpc) is 3.45. The van der Waals surface area contributed by atoms with Gasteiger partial charge in [-0.3, -0.25) is 19.7 Å². The Kier molecular flexibility index (Phi) is 5.35. The highest BCUT2D eigenvalue weighted by Crippen LogP contribution is 2.37. The van der Waals surface area contributed by atoms with Gasteiger partial charge >= 0.3 is 0 Å². The lowest BCUT2D eigenvalue weighted by Crippen LogP contribution is -2.44. The minimum absolute atomic E-state index is 0.0525. The van der Waals surface area contributed by atoms with Crippen LogP contribution in [0.25, 0.3) is 11.1 Å². The third-order valence-electron chi connectivity index (χ3n) is 5.72. The zero-order valence-electron chi connectivity index (χ0n) is 17.2. The Morgan fingerprint density at radius 1 is 1.10 bits per heavy atom. The van der Waals surface area contributed by atoms with Crippen molar-refractivity contribution in [2.45, 2.75) is 12.8 Å². The molecule has 4 rings (SSSR count). The van der Waals surface area contributed by atoms with Crippen LogP contribution in [0, 0.1) is 5.41 Å². The van der Waals surface area contributed by atoms with Crippen molar-refractivity contribution in [1.82, 2.24) is 25.0 Å². The van der Waals surface area contributed by atoms with E-state index in [-0.39, 0.29) is 11.8 Å². The van der Waals surface area contributed by atoms with Gasteiger partial charge in [0.05, 0.1) is 5.41 Å². The number of pyridine rings is 1. The molecule has 30 heavy (non-hydrogen) atoms. The van der Waals surface area contributed by atoms with Crippen molar-refractivity contribution in [3.8, 4) is 11.1 Å². The molecule has 1 aliphatic heterocycles. The number of amides is 2. The number of rotatable bonds is 5. The van der Waals surface area contributed by atoms with Gasteiger partial charge in [-0.25, -0.2) is 0 Å². The minimum atomic E-state index is -0.643. The number of nitrogens with zero attached hydrogens (tertiary/aromatic N) is 4. The van der Waals surface area contributed by atoms with Crippen molar-refractivity contribution in [2.24, 2.45) is 5.41 Å². The van der Waals surface area contributed by atoms with E-state index in [1.807, 2.05) is 18.2 Å². The maximum Gasteiger partial charge on any atom is 0.271 e. The molecule has 0 spiro atoms. The topological polar surface area (TPSA) is 82.2 Å². The Bertz CT molecular complexity index is 1030. The summed E-state index contributed by atoms with van der Waals surface area (Å²) in [6, 6.07) is 13.9. The smallest absolute Gasteiger partial charge is 0.271 e. The fourth-order valence-electron chi connectivity index (χ4n) is 4.26. The van der Waals surface area contributed by atoms with Crippen LogP contribution in [0.15, 0.2) is 61.1 Å². The molecule has 2 aromatic heterocycles. The molecule has 7 nitrogen and oxygen atoms in total. The van der Waals surface area contributed by atoms with Crippen LogP contribution in [0.2, 0.25) is 0 Å². The molecule has 2 amide bonds. The average molecular weight is 403 g/mol. The van der Waals surface area contributed by atoms with Crippen LogP contribution >= 0.6 is 0 Å². The lowest BCUT2D eigenvalue weighted by atomic mass is 9.79. The van der Waals surface area contributed by atoms with E-state index in [4.69, 9.17) is 0 Å². The first-order valence-corrected chi connectivity index (χ1v) is 9.98. The molecule has 1 aromatic carbocycles. The summed E-state index contributed by atoms with van der Waals surface area (Å²) in [5, 5.41) is 6.60. The number of likely N-dealkylation sites (tertiary alicyclic amines) is 1. The number of carbonyl (C=O) groups is 2. The number of hydrogen-bond donors (Lipinski definition) is 1. The Morgan fingerprint density at radius 3 is 2.60 bits per heavy atom. The summed E-state index contributed by atoms with van der Waals surface area (Å²) in [6.45, 7) is 0.933. The molecular weight excluding hydrogens is 378 g/mol. The number of hydrogen-bond acceptors (Lipinski definition) is 4. The minimum Gasteiger partial charge on any atom is -0.348 e. The first kappa shape index (κ1) is 19.8. The Hall–Kier alpha value is -3.48. The first-order chi connectivity index (χ1) is 14.5. The van der Waals surface area contributed by atoms with Gasteiger partial charge in [0, 0.05) is 45.8 Å². The van der Waals surface area contributed by atoms with E-state index in [9.17, 15) is 9.59 Å². The van der Waals surface area contributed by atoms with Crippen LogP contribution in [-0.2, 0) is 11.2 Å². The van der Waals surface area contributed by atoms with Crippen LogP contribution < -0.4 is 0 Å². The van der Waals surface area contributed by atoms with E-state index in [0.29, 0.717) is 31.6 Å². The Balaban J connectivity index is 1.61. The van der Waals surface area contributed by atoms with Crippen molar-refractivity contribution in [1.29, 1.82) is 0 Å². The largest absolute Gasteiger partial charge is 0.348 e. The summed E-state index contributed by atoms with van der Waals surface area (Å²) in [4.78, 5) is 33.5. The van der Waals surface area contributed by atoms with E-state index in [1.54, 1.807) is 48.6 Å². The zero-order chi connectivity index (χ0) is 21.1. The van der Waals surface area contributed by atoms with Gasteiger partial charge < -0.3 is 9.80 Å². The van der Waals surface area contributed by atoms with E-state index >= 15 is 0 Å². The van der Waals surface area contributed by atoms with Crippen LogP contribution in [-0.4, -0.2) is 64.0 Å². The number of H-pyrrole nitrogens is 1. The second-order valence-corrected chi connectivity index (χ2v) is 8.04. The lowest BCUT2D eigenvalue weighted by Gasteiger charge is -2.31. The summed E-state index contributed by atoms with van der Waals surface area (Å²) < 4.78 is 0. The van der Waals surface area contributed by atoms with Crippen LogP contribution in [0.5, 0.6) is 0 Å². The van der Waals surface area contributed by atoms with Crippen molar-refractivity contribution < 1.29 is 9.59 Å². The highest BCUT2D eigenvalue weighted by molar-refractivity contribution is 5.93. The SMILES string of the molecule is CN(C)C(=O)[C@@]1(Cc2cccc(-c3ccncc3)c2)CCN(C(=O)c2ccn[nH]2)C1. The standard InChI is InChI=1S/C23H25N5O2/c1-27(2)22(30)23(9-13-28(16-23)21(29)20-8-12-25-26-20)15-17-4-3-5-19(14-17)18-6-10-24-11-7-18/h3-8,10-12,14H,9,13,15-16H2,1-2H3,(H,25,26)/t23-/m1/s1. The molecule has 1 atom stereocenters. The van der Waals surface area contributed by atoms with Crippen molar-refractivity contribution in [2.75, 3.05) is 27.2 Å². The summed E-state index contributed by atoms with van der Waals surface area (Å²) >= 11 is 0. The van der Waals surface area contributed by atoms with Gasteiger partial charge in [0.25, 0.3) is 5.91 Å². The Labute approximate surface area is 175 Å². The predicted molar refractivity (Wildman–Crippen MR) is 114 cm³/mol. The first-order valence-electron chi connectivity index (χ1n) is 9.98. The Morgan fingerprint density at radius 2 is 1.90 bits per heavy atom. The van der Waals surface area contributed by atoms with Gasteiger partial charge in [0.15, 0.2) is 0 Å². The second kappa shape index (κ2) is 8.10. The molecule has 1 fully saturated rings. The van der Waals surface area contributed by atoms with E-state index in [0.717, 1.165) is 16.7 Å². The van der Waals surface area contributed by atoms with Gasteiger partial charge in [0.1, 0.15) is 5.69 Å². The molecule has 3 aromatic rings. The predicted octanol–water partition coefficient (Wildman–Crippen LogP) is 2.63. The van der Waals surface area contributed by atoms with E-state index in [1.165, 1.54) is 0 Å². The fraction of sp³-hybridized carbons (Fsp3) is 0.304. The molecule has 1 saturated heterocycles. The third-order valence-corrected chi connectivity index (χ3v) is 5.72. The normalized spacial score (nSPS) is 18.4. The summed E-state index contributed by atoms with van der Waals surface area (Å²) in [7, 11) is 3.55. The quantitative estimate of drug-likeness (QED) is 0.710. The summed E-state index contributed by atoms with van der Waals surface area (Å²) in [5.74, 6) is -0.0665. The van der Waals surface area contributed by atoms with Gasteiger partial charge in [-0.05, 0) is 47.7 Å². The highest BCUT2D eigenvalue weighted by Gasteiger charge is 2.47. The molecule has 7 heteroatoms. The number of benzene rings is 1. The lowest BCUT2D eigenvalue weighted by molar-refractivity contribution is -0.138. The van der Waals surface area contributed by atoms with Gasteiger partial charge in [0.2, 0.25) is 5.91 Å². The molecule has 0 saturated carbocycles. The van der Waals surface area contributed by atoms with Crippen molar-refractivity contribution >= 4 is 11.8 Å². The highest BCUT2D eigenvalue weighted by atomic mass is 16.2. The number of aromatic amines is 1. The molecule has 0 aliphatic carbocycles. The van der Waals surface area contributed by atoms with Gasteiger partial charge in [-0.1, -0.05) is 24.3 Å².